The summed E-state index contributed by atoms with van der Waals surface area (Å²) in [5, 5.41) is 20.5. The third-order valence-electron chi connectivity index (χ3n) is 6.32. The van der Waals surface area contributed by atoms with Crippen molar-refractivity contribution in [2.45, 2.75) is 31.1 Å². The molecular formula is C28H26FN3O2. The second kappa shape index (κ2) is 9.51. The van der Waals surface area contributed by atoms with E-state index in [0.29, 0.717) is 17.9 Å². The highest BCUT2D eigenvalue weighted by Crippen LogP contribution is 2.39. The molecule has 0 saturated heterocycles. The van der Waals surface area contributed by atoms with Crippen LogP contribution >= 0.6 is 0 Å². The average molecular weight is 456 g/mol. The SMILES string of the molecule is O=C(NCC(Cc1cc(C2CC2)n[nH]1)c1ccc(-c2ccccc2)c(F)c1)c1ccccc1O. The predicted molar refractivity (Wildman–Crippen MR) is 129 cm³/mol. The van der Waals surface area contributed by atoms with Crippen LogP contribution in [-0.4, -0.2) is 27.8 Å². The van der Waals surface area contributed by atoms with Crippen LogP contribution in [0.3, 0.4) is 0 Å². The minimum absolute atomic E-state index is 0.0718. The fourth-order valence-corrected chi connectivity index (χ4v) is 4.26. The Bertz CT molecular complexity index is 1300. The first-order chi connectivity index (χ1) is 16.6. The third kappa shape index (κ3) is 4.86. The van der Waals surface area contributed by atoms with E-state index in [2.05, 4.69) is 21.6 Å². The van der Waals surface area contributed by atoms with E-state index in [1.807, 2.05) is 36.4 Å². The molecule has 3 N–H and O–H groups in total. The number of carbonyl (C=O) groups excluding carboxylic acids is 1. The van der Waals surface area contributed by atoms with Gasteiger partial charge in [-0.15, -0.1) is 0 Å². The van der Waals surface area contributed by atoms with Crippen LogP contribution in [0.4, 0.5) is 4.39 Å². The zero-order valence-electron chi connectivity index (χ0n) is 18.7. The van der Waals surface area contributed by atoms with Gasteiger partial charge in [0.2, 0.25) is 0 Å². The Kier molecular flexibility index (Phi) is 6.12. The molecule has 1 amide bonds. The van der Waals surface area contributed by atoms with Gasteiger partial charge in [0.05, 0.1) is 11.3 Å². The van der Waals surface area contributed by atoms with Gasteiger partial charge in [0.15, 0.2) is 0 Å². The number of aromatic nitrogens is 2. The molecule has 1 saturated carbocycles. The van der Waals surface area contributed by atoms with Crippen LogP contribution in [0.1, 0.15) is 52.0 Å². The van der Waals surface area contributed by atoms with Crippen molar-refractivity contribution in [2.24, 2.45) is 0 Å². The summed E-state index contributed by atoms with van der Waals surface area (Å²) in [4.78, 5) is 12.7. The van der Waals surface area contributed by atoms with Crippen molar-refractivity contribution in [2.75, 3.05) is 6.54 Å². The normalized spacial score (nSPS) is 14.0. The summed E-state index contributed by atoms with van der Waals surface area (Å²) in [6.45, 7) is 0.287. The Hall–Kier alpha value is -3.93. The number of nitrogens with one attached hydrogen (secondary N) is 2. The van der Waals surface area contributed by atoms with Gasteiger partial charge in [0, 0.05) is 29.6 Å². The Morgan fingerprint density at radius 3 is 2.56 bits per heavy atom. The zero-order valence-corrected chi connectivity index (χ0v) is 18.7. The minimum Gasteiger partial charge on any atom is -0.507 e. The number of phenolic OH excluding ortho intramolecular Hbond substituents is 1. The van der Waals surface area contributed by atoms with Crippen molar-refractivity contribution in [1.29, 1.82) is 0 Å². The van der Waals surface area contributed by atoms with Gasteiger partial charge in [-0.3, -0.25) is 9.89 Å². The van der Waals surface area contributed by atoms with E-state index in [1.165, 1.54) is 6.07 Å². The van der Waals surface area contributed by atoms with Crippen LogP contribution in [-0.2, 0) is 6.42 Å². The minimum atomic E-state index is -0.368. The van der Waals surface area contributed by atoms with Crippen LogP contribution in [0.2, 0.25) is 0 Å². The number of hydrogen-bond acceptors (Lipinski definition) is 3. The Balaban J connectivity index is 1.39. The first-order valence-electron chi connectivity index (χ1n) is 11.5. The maximum Gasteiger partial charge on any atom is 0.255 e. The van der Waals surface area contributed by atoms with Crippen molar-refractivity contribution in [3.8, 4) is 16.9 Å². The quantitative estimate of drug-likeness (QED) is 0.326. The van der Waals surface area contributed by atoms with Crippen molar-refractivity contribution in [3.05, 3.63) is 107 Å². The average Bonchev–Trinajstić information content (AvgIpc) is 3.60. The topological polar surface area (TPSA) is 78.0 Å². The van der Waals surface area contributed by atoms with Gasteiger partial charge < -0.3 is 10.4 Å². The maximum absolute atomic E-state index is 15.1. The molecule has 172 valence electrons. The molecule has 3 aromatic carbocycles. The molecule has 1 aliphatic carbocycles. The molecule has 34 heavy (non-hydrogen) atoms. The van der Waals surface area contributed by atoms with Crippen molar-refractivity contribution >= 4 is 5.91 Å². The number of H-pyrrole nitrogens is 1. The summed E-state index contributed by atoms with van der Waals surface area (Å²) in [7, 11) is 0. The van der Waals surface area contributed by atoms with Gasteiger partial charge in [-0.05, 0) is 54.7 Å². The van der Waals surface area contributed by atoms with E-state index in [9.17, 15) is 9.90 Å². The zero-order chi connectivity index (χ0) is 23.5. The monoisotopic (exact) mass is 455 g/mol. The first kappa shape index (κ1) is 21.9. The van der Waals surface area contributed by atoms with Gasteiger partial charge >= 0.3 is 0 Å². The lowest BCUT2D eigenvalue weighted by molar-refractivity contribution is 0.0948. The number of phenols is 1. The molecule has 1 aromatic heterocycles. The van der Waals surface area contributed by atoms with E-state index in [1.54, 1.807) is 30.3 Å². The van der Waals surface area contributed by atoms with Gasteiger partial charge in [0.1, 0.15) is 11.6 Å². The number of hydrogen-bond donors (Lipinski definition) is 3. The van der Waals surface area contributed by atoms with E-state index >= 15 is 4.39 Å². The smallest absolute Gasteiger partial charge is 0.255 e. The van der Waals surface area contributed by atoms with Crippen LogP contribution in [0.25, 0.3) is 11.1 Å². The first-order valence-corrected chi connectivity index (χ1v) is 11.5. The van der Waals surface area contributed by atoms with Crippen LogP contribution in [0.5, 0.6) is 5.75 Å². The lowest BCUT2D eigenvalue weighted by atomic mass is 9.91. The summed E-state index contributed by atoms with van der Waals surface area (Å²) >= 11 is 0. The Morgan fingerprint density at radius 1 is 1.06 bits per heavy atom. The number of aromatic hydroxyl groups is 1. The van der Waals surface area contributed by atoms with Gasteiger partial charge in [0.25, 0.3) is 5.91 Å². The fourth-order valence-electron chi connectivity index (χ4n) is 4.26. The second-order valence-corrected chi connectivity index (χ2v) is 8.83. The molecule has 1 unspecified atom stereocenters. The highest BCUT2D eigenvalue weighted by Gasteiger charge is 2.27. The summed E-state index contributed by atoms with van der Waals surface area (Å²) < 4.78 is 15.1. The van der Waals surface area contributed by atoms with Gasteiger partial charge in [-0.2, -0.15) is 5.10 Å². The lowest BCUT2D eigenvalue weighted by Gasteiger charge is -2.19. The van der Waals surface area contributed by atoms with Gasteiger partial charge in [-0.25, -0.2) is 4.39 Å². The number of rotatable bonds is 8. The lowest BCUT2D eigenvalue weighted by Crippen LogP contribution is -2.29. The number of amides is 1. The van der Waals surface area contributed by atoms with E-state index in [0.717, 1.165) is 35.4 Å². The Morgan fingerprint density at radius 2 is 1.82 bits per heavy atom. The molecule has 1 heterocycles. The molecule has 0 bridgehead atoms. The van der Waals surface area contributed by atoms with E-state index in [-0.39, 0.29) is 35.5 Å². The van der Waals surface area contributed by atoms with Crippen molar-refractivity contribution in [3.63, 3.8) is 0 Å². The molecule has 0 spiro atoms. The number of nitrogens with zero attached hydrogens (tertiary/aromatic N) is 1. The molecule has 0 radical (unpaired) electrons. The molecule has 1 fully saturated rings. The summed E-state index contributed by atoms with van der Waals surface area (Å²) in [6, 6.07) is 23.2. The summed E-state index contributed by atoms with van der Waals surface area (Å²) in [6.07, 6.45) is 2.90. The molecule has 1 aliphatic rings. The van der Waals surface area contributed by atoms with Gasteiger partial charge in [-0.1, -0.05) is 54.6 Å². The molecule has 0 aliphatic heterocycles. The molecule has 5 rings (SSSR count). The van der Waals surface area contributed by atoms with E-state index in [4.69, 9.17) is 0 Å². The van der Waals surface area contributed by atoms with Crippen molar-refractivity contribution < 1.29 is 14.3 Å². The number of aromatic amines is 1. The molecule has 6 heteroatoms. The largest absolute Gasteiger partial charge is 0.507 e. The number of halogens is 1. The number of para-hydroxylation sites is 1. The predicted octanol–water partition coefficient (Wildman–Crippen LogP) is 5.56. The highest BCUT2D eigenvalue weighted by atomic mass is 19.1. The second-order valence-electron chi connectivity index (χ2n) is 8.83. The highest BCUT2D eigenvalue weighted by molar-refractivity contribution is 5.96. The Labute approximate surface area is 197 Å². The molecule has 5 nitrogen and oxygen atoms in total. The summed E-state index contributed by atoms with van der Waals surface area (Å²) in [5.41, 5.74) is 4.38. The van der Waals surface area contributed by atoms with Crippen LogP contribution < -0.4 is 5.32 Å². The molecule has 4 aromatic rings. The fraction of sp³-hybridized carbons (Fsp3) is 0.214. The third-order valence-corrected chi connectivity index (χ3v) is 6.32. The maximum atomic E-state index is 15.1. The van der Waals surface area contributed by atoms with Crippen LogP contribution in [0.15, 0.2) is 78.9 Å². The molecule has 1 atom stereocenters. The standard InChI is InChI=1S/C28H26FN3O2/c29-25-15-20(12-13-23(25)18-6-2-1-3-7-18)21(14-22-16-26(32-31-22)19-10-11-19)17-30-28(34)24-8-4-5-9-27(24)33/h1-9,12-13,15-16,19,21,33H,10-11,14,17H2,(H,30,34)(H,31,32). The van der Waals surface area contributed by atoms with Crippen LogP contribution in [0, 0.1) is 5.82 Å². The molecular weight excluding hydrogens is 429 g/mol. The van der Waals surface area contributed by atoms with E-state index < -0.39 is 0 Å². The number of benzene rings is 3. The van der Waals surface area contributed by atoms with Crippen molar-refractivity contribution in [1.82, 2.24) is 15.5 Å². The summed E-state index contributed by atoms with van der Waals surface area (Å²) in [5.74, 6) is -0.386. The number of carbonyl (C=O) groups is 1.